The van der Waals surface area contributed by atoms with E-state index < -0.39 is 18.2 Å². The molecule has 0 fully saturated rings. The molecule has 6 heteroatoms. The van der Waals surface area contributed by atoms with Gasteiger partial charge in [0.15, 0.2) is 5.75 Å². The summed E-state index contributed by atoms with van der Waals surface area (Å²) in [5, 5.41) is 0. The quantitative estimate of drug-likeness (QED) is 0.558. The predicted octanol–water partition coefficient (Wildman–Crippen LogP) is 2.39. The van der Waals surface area contributed by atoms with E-state index in [-0.39, 0.29) is 5.69 Å². The first-order chi connectivity index (χ1) is 6.63. The van der Waals surface area contributed by atoms with Crippen molar-refractivity contribution in [3.63, 3.8) is 0 Å². The molecular formula is C8H4F3NO2. The van der Waals surface area contributed by atoms with E-state index in [0.717, 1.165) is 18.2 Å². The highest BCUT2D eigenvalue weighted by Crippen LogP contribution is 2.28. The maximum Gasteiger partial charge on any atom is 0.387 e. The summed E-state index contributed by atoms with van der Waals surface area (Å²) in [6.07, 6.45) is 1.14. The number of ether oxygens (including phenoxy) is 1. The van der Waals surface area contributed by atoms with Gasteiger partial charge in [-0.25, -0.2) is 9.18 Å². The molecule has 14 heavy (non-hydrogen) atoms. The van der Waals surface area contributed by atoms with Crippen LogP contribution >= 0.6 is 0 Å². The molecule has 0 heterocycles. The highest BCUT2D eigenvalue weighted by Gasteiger charge is 2.10. The van der Waals surface area contributed by atoms with Crippen LogP contribution in [0.5, 0.6) is 5.75 Å². The van der Waals surface area contributed by atoms with Gasteiger partial charge in [0.1, 0.15) is 11.5 Å². The zero-order chi connectivity index (χ0) is 10.6. The van der Waals surface area contributed by atoms with Crippen LogP contribution in [0.15, 0.2) is 23.2 Å². The van der Waals surface area contributed by atoms with E-state index in [9.17, 15) is 18.0 Å². The summed E-state index contributed by atoms with van der Waals surface area (Å²) in [6, 6.07) is 2.72. The summed E-state index contributed by atoms with van der Waals surface area (Å²) in [6.45, 7) is -3.10. The van der Waals surface area contributed by atoms with Crippen molar-refractivity contribution in [1.29, 1.82) is 0 Å². The molecule has 0 aromatic heterocycles. The van der Waals surface area contributed by atoms with Gasteiger partial charge in [-0.3, -0.25) is 0 Å². The average Bonchev–Trinajstić information content (AvgIpc) is 2.09. The Morgan fingerprint density at radius 3 is 2.71 bits per heavy atom. The molecule has 74 valence electrons. The number of benzene rings is 1. The van der Waals surface area contributed by atoms with E-state index >= 15 is 0 Å². The minimum atomic E-state index is -3.10. The second-order valence-electron chi connectivity index (χ2n) is 2.19. The fourth-order valence-electron chi connectivity index (χ4n) is 0.820. The third-order valence-electron chi connectivity index (χ3n) is 1.30. The third kappa shape index (κ3) is 2.60. The molecule has 0 atom stereocenters. The number of halogens is 3. The molecule has 0 aliphatic heterocycles. The Labute approximate surface area is 76.8 Å². The van der Waals surface area contributed by atoms with Crippen molar-refractivity contribution in [1.82, 2.24) is 0 Å². The topological polar surface area (TPSA) is 38.7 Å². The lowest BCUT2D eigenvalue weighted by Gasteiger charge is -2.05. The van der Waals surface area contributed by atoms with Crippen molar-refractivity contribution < 1.29 is 22.7 Å². The third-order valence-corrected chi connectivity index (χ3v) is 1.30. The molecule has 1 aromatic rings. The molecule has 0 bridgehead atoms. The fraction of sp³-hybridized carbons (Fsp3) is 0.125. The van der Waals surface area contributed by atoms with Crippen LogP contribution in [-0.4, -0.2) is 12.7 Å². The Kier molecular flexibility index (Phi) is 3.25. The molecule has 1 aromatic carbocycles. The van der Waals surface area contributed by atoms with E-state index in [1.54, 1.807) is 0 Å². The second-order valence-corrected chi connectivity index (χ2v) is 2.19. The van der Waals surface area contributed by atoms with Crippen LogP contribution in [0.1, 0.15) is 0 Å². The van der Waals surface area contributed by atoms with Crippen LogP contribution in [0.2, 0.25) is 0 Å². The number of hydrogen-bond donors (Lipinski definition) is 0. The van der Waals surface area contributed by atoms with Crippen LogP contribution in [0.4, 0.5) is 18.9 Å². The predicted molar refractivity (Wildman–Crippen MR) is 40.8 cm³/mol. The molecule has 0 saturated heterocycles. The van der Waals surface area contributed by atoms with Gasteiger partial charge in [-0.05, 0) is 12.1 Å². The molecular weight excluding hydrogens is 199 g/mol. The van der Waals surface area contributed by atoms with E-state index in [0.29, 0.717) is 6.07 Å². The Bertz CT molecular complexity index is 375. The Hall–Kier alpha value is -1.81. The van der Waals surface area contributed by atoms with E-state index in [1.165, 1.54) is 0 Å². The van der Waals surface area contributed by atoms with Gasteiger partial charge in [-0.15, -0.1) is 0 Å². The lowest BCUT2D eigenvalue weighted by molar-refractivity contribution is -0.0495. The normalized spacial score (nSPS) is 9.71. The summed E-state index contributed by atoms with van der Waals surface area (Å²) in [4.78, 5) is 12.9. The van der Waals surface area contributed by atoms with Crippen LogP contribution in [0.25, 0.3) is 0 Å². The smallest absolute Gasteiger partial charge is 0.387 e. The Morgan fingerprint density at radius 1 is 1.43 bits per heavy atom. The standard InChI is InChI=1S/C8H4F3NO2/c9-5-1-2-6(12-4-13)7(3-5)14-8(10)11/h1-3,8H. The van der Waals surface area contributed by atoms with Crippen molar-refractivity contribution in [2.24, 2.45) is 4.99 Å². The van der Waals surface area contributed by atoms with Gasteiger partial charge in [0.2, 0.25) is 6.08 Å². The van der Waals surface area contributed by atoms with Gasteiger partial charge in [-0.1, -0.05) is 0 Å². The molecule has 0 radical (unpaired) electrons. The van der Waals surface area contributed by atoms with E-state index in [2.05, 4.69) is 9.73 Å². The molecule has 0 N–H and O–H groups in total. The molecule has 0 amide bonds. The first kappa shape index (κ1) is 10.3. The molecule has 3 nitrogen and oxygen atoms in total. The lowest BCUT2D eigenvalue weighted by atomic mass is 10.3. The lowest BCUT2D eigenvalue weighted by Crippen LogP contribution is -2.02. The number of nitrogens with zero attached hydrogens (tertiary/aromatic N) is 1. The van der Waals surface area contributed by atoms with E-state index in [1.807, 2.05) is 0 Å². The fourth-order valence-corrected chi connectivity index (χ4v) is 0.820. The summed E-state index contributed by atoms with van der Waals surface area (Å²) < 4.78 is 40.1. The highest BCUT2D eigenvalue weighted by molar-refractivity contribution is 5.57. The zero-order valence-corrected chi connectivity index (χ0v) is 6.71. The largest absolute Gasteiger partial charge is 0.432 e. The van der Waals surface area contributed by atoms with Gasteiger partial charge in [0, 0.05) is 6.07 Å². The molecule has 0 aliphatic rings. The number of aliphatic imine (C=N–C) groups is 1. The summed E-state index contributed by atoms with van der Waals surface area (Å²) >= 11 is 0. The Balaban J connectivity index is 3.08. The average molecular weight is 203 g/mol. The van der Waals surface area contributed by atoms with Crippen LogP contribution < -0.4 is 4.74 Å². The molecule has 0 spiro atoms. The number of alkyl halides is 2. The van der Waals surface area contributed by atoms with E-state index in [4.69, 9.17) is 0 Å². The van der Waals surface area contributed by atoms with Crippen molar-refractivity contribution in [2.75, 3.05) is 0 Å². The maximum absolute atomic E-state index is 12.6. The second kappa shape index (κ2) is 4.43. The number of isocyanates is 1. The van der Waals surface area contributed by atoms with Crippen LogP contribution in [0, 0.1) is 5.82 Å². The summed E-state index contributed by atoms with van der Waals surface area (Å²) in [5.41, 5.74) is -0.193. The van der Waals surface area contributed by atoms with Gasteiger partial charge in [0.25, 0.3) is 0 Å². The Morgan fingerprint density at radius 2 is 2.14 bits per heavy atom. The first-order valence-electron chi connectivity index (χ1n) is 3.45. The molecule has 1 rings (SSSR count). The number of hydrogen-bond acceptors (Lipinski definition) is 3. The van der Waals surface area contributed by atoms with Crippen LogP contribution in [0.3, 0.4) is 0 Å². The summed E-state index contributed by atoms with van der Waals surface area (Å²) in [5.74, 6) is -1.26. The number of rotatable bonds is 3. The van der Waals surface area contributed by atoms with Gasteiger partial charge in [-0.2, -0.15) is 13.8 Å². The summed E-state index contributed by atoms with van der Waals surface area (Å²) in [7, 11) is 0. The van der Waals surface area contributed by atoms with Crippen molar-refractivity contribution in [2.45, 2.75) is 6.61 Å². The SMILES string of the molecule is O=C=Nc1ccc(F)cc1OC(F)F. The zero-order valence-electron chi connectivity index (χ0n) is 6.71. The van der Waals surface area contributed by atoms with Gasteiger partial charge >= 0.3 is 6.61 Å². The molecule has 0 aliphatic carbocycles. The van der Waals surface area contributed by atoms with Gasteiger partial charge in [0.05, 0.1) is 0 Å². The first-order valence-corrected chi connectivity index (χ1v) is 3.45. The minimum Gasteiger partial charge on any atom is -0.432 e. The van der Waals surface area contributed by atoms with Crippen molar-refractivity contribution in [3.05, 3.63) is 24.0 Å². The molecule has 0 saturated carbocycles. The van der Waals surface area contributed by atoms with Gasteiger partial charge < -0.3 is 4.74 Å². The van der Waals surface area contributed by atoms with Crippen molar-refractivity contribution >= 4 is 11.8 Å². The monoisotopic (exact) mass is 203 g/mol. The van der Waals surface area contributed by atoms with Crippen LogP contribution in [-0.2, 0) is 4.79 Å². The maximum atomic E-state index is 12.6. The minimum absolute atomic E-state index is 0.193. The number of carbonyl (C=O) groups excluding carboxylic acids is 1. The van der Waals surface area contributed by atoms with Crippen molar-refractivity contribution in [3.8, 4) is 5.75 Å². The molecule has 0 unspecified atom stereocenters. The highest BCUT2D eigenvalue weighted by atomic mass is 19.3.